The minimum absolute atomic E-state index is 0.0481. The molecule has 0 atom stereocenters. The van der Waals surface area contributed by atoms with E-state index in [1.165, 1.54) is 53.3 Å². The molecule has 4 aliphatic heterocycles. The molecule has 28 nitrogen and oxygen atoms in total. The van der Waals surface area contributed by atoms with E-state index < -0.39 is 17.5 Å². The number of aryl methyl sites for hydroxylation is 1. The van der Waals surface area contributed by atoms with E-state index in [9.17, 15) is 41.9 Å². The van der Waals surface area contributed by atoms with Crippen LogP contribution in [0.15, 0.2) is 172 Å². The molecule has 0 spiro atoms. The Bertz CT molecular complexity index is 5050. The highest BCUT2D eigenvalue weighted by Crippen LogP contribution is 2.41. The molecule has 0 bridgehead atoms. The van der Waals surface area contributed by atoms with Gasteiger partial charge in [0.15, 0.2) is 17.3 Å². The molecule has 4 N–H and O–H groups in total. The van der Waals surface area contributed by atoms with Crippen molar-refractivity contribution < 1.29 is 70.4 Å². The second kappa shape index (κ2) is 35.9. The molecule has 0 aliphatic carbocycles. The number of fused-ring (bicyclic) bond motifs is 3. The summed E-state index contributed by atoms with van der Waals surface area (Å²) in [7, 11) is 12.5. The van der Waals surface area contributed by atoms with Crippen LogP contribution in [0.1, 0.15) is 57.3 Å². The fourth-order valence-corrected chi connectivity index (χ4v) is 12.9. The first kappa shape index (κ1) is 80.6. The quantitative estimate of drug-likeness (QED) is 0.0366. The Morgan fingerprint density at radius 1 is 0.487 bits per heavy atom. The van der Waals surface area contributed by atoms with E-state index >= 15 is 0 Å². The monoisotopic (exact) mass is 1540 g/mol. The lowest BCUT2D eigenvalue weighted by Gasteiger charge is -2.38. The Balaban J connectivity index is 0.000000168. The minimum atomic E-state index is -4.57. The standard InChI is InChI=1S/C30H34N6O4.C26H24F3N5O4.C26H27N5O4/c1-4-24(37)13-21-7-5-6-8-27(21)33-29-32-17-22-19-35(23-14-25(39-2)16-26(15-23)40-3)30(38)36(28(22)34-29)18-20-9-11-31-12-10-20;1-5-19(35)9-15-8-17(26(27,28)29)6-7-22(15)31-24-30-13-16-14-34(25(36)33(2)23(16)32-24)18-10-20(37-3)12-21(11-18)38-4;1-6-20(32)10-17-9-16(2)7-8-23(17)28-25-27-14-18-15-31(26(33)30(3)24(18)29-25)19-11-21(34-4)13-22(12-19)35-5/h4-8,14-17,20,31H,1,9-13,18-19H2,2-3H3,(H,32,33,34);5-8,10-13H,1,9,14H2,2-4H3,(H,30,31,32);6-9,11-14H,1,10,15H2,2-5H3,(H,27,28,29). The number of piperidine rings is 1. The molecular formula is C82H85F3N16O12. The van der Waals surface area contributed by atoms with Crippen molar-refractivity contribution in [1.29, 1.82) is 0 Å². The van der Waals surface area contributed by atoms with Crippen LogP contribution in [0.4, 0.5) is 97.0 Å². The van der Waals surface area contributed by atoms with Crippen LogP contribution in [0.5, 0.6) is 34.5 Å². The third kappa shape index (κ3) is 19.2. The molecule has 6 amide bonds. The number of carbonyl (C=O) groups is 6. The molecule has 113 heavy (non-hydrogen) atoms. The van der Waals surface area contributed by atoms with Crippen LogP contribution >= 0.6 is 0 Å². The average molecular weight is 1540 g/mol. The molecule has 0 radical (unpaired) electrons. The van der Waals surface area contributed by atoms with Gasteiger partial charge in [0.05, 0.1) is 84.9 Å². The SMILES string of the molecule is C=CC(=O)Cc1cc(C(F)(F)F)ccc1Nc1ncc2c(n1)N(C)C(=O)N(c1cc(OC)cc(OC)c1)C2.C=CC(=O)Cc1cc(C)ccc1Nc1ncc2c(n1)N(C)C(=O)N(c1cc(OC)cc(OC)c1)C2.C=CC(=O)Cc1ccccc1Nc1ncc2c(n1)N(CC1CCNCC1)C(=O)N(c1cc(OC)cc(OC)c1)C2. The number of benzene rings is 6. The van der Waals surface area contributed by atoms with Crippen molar-refractivity contribution >= 4 is 105 Å². The van der Waals surface area contributed by atoms with Gasteiger partial charge in [0.25, 0.3) is 0 Å². The Hall–Kier alpha value is -13.5. The molecule has 0 saturated carbocycles. The van der Waals surface area contributed by atoms with Gasteiger partial charge in [0.2, 0.25) is 17.8 Å². The fourth-order valence-electron chi connectivity index (χ4n) is 12.9. The van der Waals surface area contributed by atoms with E-state index in [0.717, 1.165) is 83.3 Å². The first-order valence-electron chi connectivity index (χ1n) is 35.7. The van der Waals surface area contributed by atoms with E-state index in [1.807, 2.05) is 61.5 Å². The highest BCUT2D eigenvalue weighted by Gasteiger charge is 2.38. The number of rotatable bonds is 26. The normalized spacial score (nSPS) is 13.8. The van der Waals surface area contributed by atoms with Gasteiger partial charge in [-0.2, -0.15) is 28.1 Å². The fraction of sp³-hybridized carbons (Fsp3) is 0.268. The number of alkyl halides is 3. The van der Waals surface area contributed by atoms with Gasteiger partial charge >= 0.3 is 24.3 Å². The number of ether oxygens (including phenoxy) is 6. The second-order valence-corrected chi connectivity index (χ2v) is 26.5. The van der Waals surface area contributed by atoms with Crippen molar-refractivity contribution in [2.45, 2.75) is 64.8 Å². The van der Waals surface area contributed by atoms with Gasteiger partial charge < -0.3 is 49.7 Å². The van der Waals surface area contributed by atoms with E-state index in [-0.39, 0.29) is 72.7 Å². The number of hydrogen-bond donors (Lipinski definition) is 4. The van der Waals surface area contributed by atoms with Crippen molar-refractivity contribution in [2.75, 3.05) is 122 Å². The van der Waals surface area contributed by atoms with Crippen LogP contribution in [0.2, 0.25) is 0 Å². The summed E-state index contributed by atoms with van der Waals surface area (Å²) in [5, 5.41) is 12.7. The first-order chi connectivity index (χ1) is 54.3. The van der Waals surface area contributed by atoms with Crippen LogP contribution in [0, 0.1) is 12.8 Å². The van der Waals surface area contributed by atoms with Gasteiger partial charge in [-0.05, 0) is 104 Å². The lowest BCUT2D eigenvalue weighted by Crippen LogP contribution is -2.50. The maximum Gasteiger partial charge on any atom is 0.416 e. The topological polar surface area (TPSA) is 303 Å². The molecule has 586 valence electrons. The molecule has 3 aromatic heterocycles. The van der Waals surface area contributed by atoms with E-state index in [2.05, 4.69) is 65.9 Å². The number of urea groups is 3. The highest BCUT2D eigenvalue weighted by molar-refractivity contribution is 6.07. The third-order valence-corrected chi connectivity index (χ3v) is 19.0. The van der Waals surface area contributed by atoms with Crippen LogP contribution in [-0.4, -0.2) is 142 Å². The lowest BCUT2D eigenvalue weighted by molar-refractivity contribution is -0.137. The molecule has 0 unspecified atom stereocenters. The summed E-state index contributed by atoms with van der Waals surface area (Å²) in [6.45, 7) is 15.6. The summed E-state index contributed by atoms with van der Waals surface area (Å²) in [6, 6.07) is 31.4. The van der Waals surface area contributed by atoms with E-state index in [0.29, 0.717) is 112 Å². The largest absolute Gasteiger partial charge is 0.497 e. The molecule has 31 heteroatoms. The van der Waals surface area contributed by atoms with E-state index in [1.54, 1.807) is 112 Å². The number of halogens is 3. The number of amides is 6. The predicted molar refractivity (Wildman–Crippen MR) is 425 cm³/mol. The van der Waals surface area contributed by atoms with Crippen molar-refractivity contribution in [3.63, 3.8) is 0 Å². The summed E-state index contributed by atoms with van der Waals surface area (Å²) >= 11 is 0. The van der Waals surface area contributed by atoms with Crippen molar-refractivity contribution in [1.82, 2.24) is 35.2 Å². The zero-order chi connectivity index (χ0) is 80.8. The number of methoxy groups -OCH3 is 6. The van der Waals surface area contributed by atoms with Gasteiger partial charge in [0.1, 0.15) is 52.0 Å². The zero-order valence-electron chi connectivity index (χ0n) is 63.8. The number of para-hydroxylation sites is 1. The second-order valence-electron chi connectivity index (χ2n) is 26.5. The average Bonchev–Trinajstić information content (AvgIpc) is 0.773. The summed E-state index contributed by atoms with van der Waals surface area (Å²) < 4.78 is 72.0. The number of allylic oxidation sites excluding steroid dienone is 3. The zero-order valence-corrected chi connectivity index (χ0v) is 63.8. The Morgan fingerprint density at radius 2 is 0.850 bits per heavy atom. The predicted octanol–water partition coefficient (Wildman–Crippen LogP) is 14.0. The number of ketones is 3. The van der Waals surface area contributed by atoms with Crippen molar-refractivity contribution in [3.05, 3.63) is 216 Å². The van der Waals surface area contributed by atoms with Crippen LogP contribution in [0.3, 0.4) is 0 Å². The van der Waals surface area contributed by atoms with E-state index in [4.69, 9.17) is 33.4 Å². The van der Waals surface area contributed by atoms with Crippen molar-refractivity contribution in [3.8, 4) is 34.5 Å². The molecule has 4 aliphatic rings. The summed E-state index contributed by atoms with van der Waals surface area (Å²) in [4.78, 5) is 113. The number of nitrogens with one attached hydrogen (secondary N) is 4. The number of carbonyl (C=O) groups excluding carboxylic acids is 6. The molecule has 9 aromatic rings. The van der Waals surface area contributed by atoms with Gasteiger partial charge in [-0.3, -0.25) is 43.8 Å². The summed E-state index contributed by atoms with van der Waals surface area (Å²) in [6.07, 6.45) is 6.18. The van der Waals surface area contributed by atoms with Gasteiger partial charge in [-0.25, -0.2) is 29.3 Å². The number of hydrogen-bond acceptors (Lipinski definition) is 22. The maximum atomic E-state index is 14.1. The number of nitrogens with zero attached hydrogens (tertiary/aromatic N) is 12. The molecule has 1 saturated heterocycles. The van der Waals surface area contributed by atoms with Gasteiger partial charge in [-0.1, -0.05) is 55.6 Å². The number of anilines is 12. The smallest absolute Gasteiger partial charge is 0.416 e. The highest BCUT2D eigenvalue weighted by atomic mass is 19.4. The lowest BCUT2D eigenvalue weighted by atomic mass is 9.97. The molecule has 7 heterocycles. The summed E-state index contributed by atoms with van der Waals surface area (Å²) in [5.74, 6) is 5.30. The van der Waals surface area contributed by atoms with Crippen LogP contribution in [-0.2, 0) is 59.5 Å². The van der Waals surface area contributed by atoms with Crippen LogP contribution < -0.4 is 79.1 Å². The third-order valence-electron chi connectivity index (χ3n) is 19.0. The maximum absolute atomic E-state index is 14.1. The Kier molecular flexibility index (Phi) is 25.6. The van der Waals surface area contributed by atoms with Crippen LogP contribution in [0.25, 0.3) is 0 Å². The minimum Gasteiger partial charge on any atom is -0.497 e. The molecular weight excluding hydrogens is 1460 g/mol. The first-order valence-corrected chi connectivity index (χ1v) is 35.7. The number of aromatic nitrogens is 6. The Morgan fingerprint density at radius 3 is 1.26 bits per heavy atom. The Labute approximate surface area is 650 Å². The van der Waals surface area contributed by atoms with Gasteiger partial charge in [0, 0.05) is 147 Å². The molecule has 1 fully saturated rings. The van der Waals surface area contributed by atoms with Crippen molar-refractivity contribution in [2.24, 2.45) is 5.92 Å². The summed E-state index contributed by atoms with van der Waals surface area (Å²) in [5.41, 5.74) is 7.67. The molecule has 13 rings (SSSR count). The molecule has 6 aromatic carbocycles. The van der Waals surface area contributed by atoms with Gasteiger partial charge in [-0.15, -0.1) is 0 Å².